The molecule has 0 saturated carbocycles. The molecule has 0 spiro atoms. The summed E-state index contributed by atoms with van der Waals surface area (Å²) in [5.41, 5.74) is 3.79. The van der Waals surface area contributed by atoms with Gasteiger partial charge in [-0.05, 0) is 48.7 Å². The first kappa shape index (κ1) is 22.4. The molecule has 5 rings (SSSR count). The molecule has 0 bridgehead atoms. The molecule has 8 heteroatoms. The first-order valence-electron chi connectivity index (χ1n) is 11.0. The highest BCUT2D eigenvalue weighted by Gasteiger charge is 2.29. The van der Waals surface area contributed by atoms with Crippen LogP contribution < -0.4 is 5.32 Å². The van der Waals surface area contributed by atoms with E-state index in [1.807, 2.05) is 30.3 Å². The number of anilines is 1. The molecule has 1 aliphatic rings. The van der Waals surface area contributed by atoms with Gasteiger partial charge in [0.05, 0.1) is 11.1 Å². The number of likely N-dealkylation sites (tertiary alicyclic amines) is 1. The minimum atomic E-state index is -0.298. The van der Waals surface area contributed by atoms with E-state index in [0.717, 1.165) is 29.5 Å². The van der Waals surface area contributed by atoms with Crippen LogP contribution >= 0.6 is 23.2 Å². The number of benzene rings is 2. The number of furan rings is 1. The number of rotatable bonds is 4. The van der Waals surface area contributed by atoms with Gasteiger partial charge in [0.25, 0.3) is 5.91 Å². The number of halogens is 2. The summed E-state index contributed by atoms with van der Waals surface area (Å²) in [6, 6.07) is 16.7. The van der Waals surface area contributed by atoms with E-state index in [4.69, 9.17) is 32.6 Å². The molecular weight excluding hydrogens is 473 g/mol. The van der Waals surface area contributed by atoms with Gasteiger partial charge in [0.1, 0.15) is 5.69 Å². The van der Waals surface area contributed by atoms with Crippen LogP contribution in [0.15, 0.2) is 59.0 Å². The molecule has 172 valence electrons. The molecule has 2 aromatic carbocycles. The number of carbonyl (C=O) groups excluding carboxylic acids is 2. The zero-order valence-corrected chi connectivity index (χ0v) is 19.9. The van der Waals surface area contributed by atoms with Crippen molar-refractivity contribution in [3.05, 3.63) is 70.4 Å². The number of pyridine rings is 1. The summed E-state index contributed by atoms with van der Waals surface area (Å²) in [4.78, 5) is 31.8. The van der Waals surface area contributed by atoms with Crippen molar-refractivity contribution >= 4 is 51.8 Å². The van der Waals surface area contributed by atoms with Crippen molar-refractivity contribution in [2.24, 2.45) is 0 Å². The van der Waals surface area contributed by atoms with Crippen LogP contribution in [0.25, 0.3) is 33.5 Å². The Kier molecular flexibility index (Phi) is 6.02. The maximum atomic E-state index is 13.2. The summed E-state index contributed by atoms with van der Waals surface area (Å²) < 4.78 is 6.01. The number of hydrogen-bond donors (Lipinski definition) is 1. The van der Waals surface area contributed by atoms with Crippen LogP contribution in [0.1, 0.15) is 30.3 Å². The Morgan fingerprint density at radius 3 is 2.12 bits per heavy atom. The second-order valence-electron chi connectivity index (χ2n) is 8.24. The van der Waals surface area contributed by atoms with Crippen LogP contribution in [-0.2, 0) is 4.79 Å². The Morgan fingerprint density at radius 2 is 1.53 bits per heavy atom. The fourth-order valence-electron chi connectivity index (χ4n) is 4.22. The highest BCUT2D eigenvalue weighted by molar-refractivity contribution is 6.31. The molecule has 0 aliphatic carbocycles. The van der Waals surface area contributed by atoms with Crippen molar-refractivity contribution < 1.29 is 14.0 Å². The predicted molar refractivity (Wildman–Crippen MR) is 134 cm³/mol. The fraction of sp³-hybridized carbons (Fsp3) is 0.192. The fourth-order valence-corrected chi connectivity index (χ4v) is 4.47. The molecule has 2 amide bonds. The van der Waals surface area contributed by atoms with Crippen molar-refractivity contribution in [3.8, 4) is 22.4 Å². The number of nitrogens with zero attached hydrogens (tertiary/aromatic N) is 2. The first-order valence-corrected chi connectivity index (χ1v) is 11.7. The Balaban J connectivity index is 1.75. The molecule has 1 aliphatic heterocycles. The lowest BCUT2D eigenvalue weighted by Crippen LogP contribution is -2.28. The van der Waals surface area contributed by atoms with Gasteiger partial charge in [0.15, 0.2) is 0 Å². The number of hydrogen-bond acceptors (Lipinski definition) is 4. The van der Waals surface area contributed by atoms with E-state index < -0.39 is 0 Å². The summed E-state index contributed by atoms with van der Waals surface area (Å²) in [5.74, 6) is -0.455. The number of nitrogens with one attached hydrogen (secondary N) is 1. The lowest BCUT2D eigenvalue weighted by molar-refractivity contribution is -0.114. The van der Waals surface area contributed by atoms with Crippen molar-refractivity contribution in [2.75, 3.05) is 18.4 Å². The second-order valence-corrected chi connectivity index (χ2v) is 9.11. The topological polar surface area (TPSA) is 75.4 Å². The molecular formula is C26H21Cl2N3O3. The zero-order valence-electron chi connectivity index (χ0n) is 18.4. The van der Waals surface area contributed by atoms with Crippen LogP contribution in [-0.4, -0.2) is 34.8 Å². The minimum Gasteiger partial charge on any atom is -0.430 e. The molecule has 34 heavy (non-hydrogen) atoms. The van der Waals surface area contributed by atoms with Gasteiger partial charge in [0, 0.05) is 41.2 Å². The van der Waals surface area contributed by atoms with Gasteiger partial charge in [-0.3, -0.25) is 9.59 Å². The van der Waals surface area contributed by atoms with Gasteiger partial charge < -0.3 is 14.6 Å². The average Bonchev–Trinajstić information content (AvgIpc) is 3.47. The average molecular weight is 494 g/mol. The normalized spacial score (nSPS) is 13.4. The summed E-state index contributed by atoms with van der Waals surface area (Å²) in [6.45, 7) is 2.72. The van der Waals surface area contributed by atoms with E-state index in [1.165, 1.54) is 6.92 Å². The van der Waals surface area contributed by atoms with Crippen molar-refractivity contribution in [2.45, 2.75) is 19.8 Å². The highest BCUT2D eigenvalue weighted by atomic mass is 35.5. The van der Waals surface area contributed by atoms with E-state index in [-0.39, 0.29) is 23.3 Å². The van der Waals surface area contributed by atoms with Gasteiger partial charge in [0.2, 0.25) is 17.4 Å². The van der Waals surface area contributed by atoms with Crippen molar-refractivity contribution in [1.82, 2.24) is 9.88 Å². The monoisotopic (exact) mass is 493 g/mol. The van der Waals surface area contributed by atoms with Crippen molar-refractivity contribution in [1.29, 1.82) is 0 Å². The van der Waals surface area contributed by atoms with E-state index in [9.17, 15) is 9.59 Å². The standard InChI is InChI=1S/C26H21Cl2N3O3/c1-15(32)29-23-21-14-20(16-4-8-18(27)9-5-16)22(17-6-10-19(28)11-7-17)30-25(21)34-24(23)26(33)31-12-2-3-13-31/h4-11,14H,2-3,12-13H2,1H3,(H,29,32). The van der Waals surface area contributed by atoms with E-state index in [0.29, 0.717) is 39.9 Å². The highest BCUT2D eigenvalue weighted by Crippen LogP contribution is 2.39. The van der Waals surface area contributed by atoms with Crippen molar-refractivity contribution in [3.63, 3.8) is 0 Å². The molecule has 4 aromatic rings. The number of fused-ring (bicyclic) bond motifs is 1. The summed E-state index contributed by atoms with van der Waals surface area (Å²) in [7, 11) is 0. The van der Waals surface area contributed by atoms with Gasteiger partial charge in [-0.2, -0.15) is 0 Å². The van der Waals surface area contributed by atoms with Crippen LogP contribution in [0.5, 0.6) is 0 Å². The van der Waals surface area contributed by atoms with Crippen LogP contribution in [0.4, 0.5) is 5.69 Å². The molecule has 0 radical (unpaired) electrons. The first-order chi connectivity index (χ1) is 16.4. The Labute approximate surface area is 206 Å². The SMILES string of the molecule is CC(=O)Nc1c(C(=O)N2CCCC2)oc2nc(-c3ccc(Cl)cc3)c(-c3ccc(Cl)cc3)cc12. The molecule has 1 N–H and O–H groups in total. The predicted octanol–water partition coefficient (Wildman–Crippen LogP) is 6.66. The van der Waals surface area contributed by atoms with E-state index >= 15 is 0 Å². The lowest BCUT2D eigenvalue weighted by Gasteiger charge is -2.14. The van der Waals surface area contributed by atoms with Crippen LogP contribution in [0, 0.1) is 0 Å². The molecule has 3 heterocycles. The smallest absolute Gasteiger partial charge is 0.291 e. The molecule has 0 atom stereocenters. The maximum absolute atomic E-state index is 13.2. The van der Waals surface area contributed by atoms with E-state index in [2.05, 4.69) is 5.32 Å². The maximum Gasteiger partial charge on any atom is 0.291 e. The third kappa shape index (κ3) is 4.27. The summed E-state index contributed by atoms with van der Waals surface area (Å²) in [5, 5.41) is 4.58. The Hall–Kier alpha value is -3.35. The lowest BCUT2D eigenvalue weighted by atomic mass is 9.98. The number of carbonyl (C=O) groups is 2. The molecule has 2 aromatic heterocycles. The molecule has 0 unspecified atom stereocenters. The molecule has 1 fully saturated rings. The zero-order chi connectivity index (χ0) is 23.8. The Morgan fingerprint density at radius 1 is 0.941 bits per heavy atom. The number of aromatic nitrogens is 1. The third-order valence-electron chi connectivity index (χ3n) is 5.84. The van der Waals surface area contributed by atoms with Gasteiger partial charge >= 0.3 is 0 Å². The molecule has 1 saturated heterocycles. The van der Waals surface area contributed by atoms with Gasteiger partial charge in [-0.1, -0.05) is 47.5 Å². The van der Waals surface area contributed by atoms with E-state index in [1.54, 1.807) is 29.2 Å². The summed E-state index contributed by atoms with van der Waals surface area (Å²) in [6.07, 6.45) is 1.89. The largest absolute Gasteiger partial charge is 0.430 e. The minimum absolute atomic E-state index is 0.0925. The van der Waals surface area contributed by atoms with Gasteiger partial charge in [-0.25, -0.2) is 4.98 Å². The number of amides is 2. The summed E-state index contributed by atoms with van der Waals surface area (Å²) >= 11 is 12.2. The third-order valence-corrected chi connectivity index (χ3v) is 6.35. The quantitative estimate of drug-likeness (QED) is 0.344. The van der Waals surface area contributed by atoms with Crippen LogP contribution in [0.2, 0.25) is 10.0 Å². The van der Waals surface area contributed by atoms with Crippen LogP contribution in [0.3, 0.4) is 0 Å². The second kappa shape index (κ2) is 9.12. The Bertz CT molecular complexity index is 1390. The van der Waals surface area contributed by atoms with Gasteiger partial charge in [-0.15, -0.1) is 0 Å². The molecule has 6 nitrogen and oxygen atoms in total.